The highest BCUT2D eigenvalue weighted by Crippen LogP contribution is 2.29. The zero-order valence-corrected chi connectivity index (χ0v) is 17.0. The summed E-state index contributed by atoms with van der Waals surface area (Å²) in [6.07, 6.45) is 8.11. The van der Waals surface area contributed by atoms with E-state index in [2.05, 4.69) is 29.6 Å². The van der Waals surface area contributed by atoms with Gasteiger partial charge in [-0.05, 0) is 56.9 Å². The quantitative estimate of drug-likeness (QED) is 0.548. The van der Waals surface area contributed by atoms with E-state index < -0.39 is 0 Å². The number of fused-ring (bicyclic) bond motifs is 1. The minimum atomic E-state index is -0.164. The number of para-hydroxylation sites is 1. The van der Waals surface area contributed by atoms with Crippen LogP contribution in [0, 0.1) is 6.92 Å². The number of aryl methyl sites for hydroxylation is 1. The number of hydrogen-bond donors (Lipinski definition) is 1. The van der Waals surface area contributed by atoms with E-state index in [1.165, 1.54) is 24.1 Å². The molecule has 2 aromatic heterocycles. The molecule has 1 saturated carbocycles. The van der Waals surface area contributed by atoms with Crippen LogP contribution in [0.2, 0.25) is 0 Å². The Bertz CT molecular complexity index is 1010. The van der Waals surface area contributed by atoms with E-state index in [-0.39, 0.29) is 5.91 Å². The predicted octanol–water partition coefficient (Wildman–Crippen LogP) is 6.10. The standard InChI is InChI=1S/C23H25N3OS/c1-16-13-14-22(28-16)21-15-19(18-11-7-8-12-20(18)24-21)23(27)26-25-17-9-5-3-2-4-6-10-17/h7-8,11-15H,2-6,9-10H2,1H3,(H,26,27). The molecule has 4 rings (SSSR count). The van der Waals surface area contributed by atoms with Gasteiger partial charge in [0, 0.05) is 16.0 Å². The summed E-state index contributed by atoms with van der Waals surface area (Å²) in [6, 6.07) is 13.8. The van der Waals surface area contributed by atoms with Gasteiger partial charge in [0.05, 0.1) is 21.7 Å². The van der Waals surface area contributed by atoms with Crippen molar-refractivity contribution in [2.45, 2.75) is 51.9 Å². The molecule has 0 radical (unpaired) electrons. The summed E-state index contributed by atoms with van der Waals surface area (Å²) >= 11 is 1.69. The Morgan fingerprint density at radius 2 is 1.79 bits per heavy atom. The molecule has 0 atom stereocenters. The first-order chi connectivity index (χ1) is 13.7. The van der Waals surface area contributed by atoms with Gasteiger partial charge < -0.3 is 0 Å². The molecule has 2 heterocycles. The van der Waals surface area contributed by atoms with Gasteiger partial charge in [-0.15, -0.1) is 11.3 Å². The van der Waals surface area contributed by atoms with Crippen LogP contribution in [0.5, 0.6) is 0 Å². The number of carbonyl (C=O) groups excluding carboxylic acids is 1. The van der Waals surface area contributed by atoms with Crippen LogP contribution in [-0.2, 0) is 0 Å². The molecule has 0 aliphatic heterocycles. The van der Waals surface area contributed by atoms with Gasteiger partial charge in [0.2, 0.25) is 0 Å². The van der Waals surface area contributed by atoms with E-state index in [0.717, 1.165) is 52.9 Å². The largest absolute Gasteiger partial charge is 0.272 e. The van der Waals surface area contributed by atoms with Crippen molar-refractivity contribution in [2.24, 2.45) is 5.10 Å². The Balaban J connectivity index is 1.65. The molecular weight excluding hydrogens is 366 g/mol. The molecular formula is C23H25N3OS. The third-order valence-electron chi connectivity index (χ3n) is 5.20. The van der Waals surface area contributed by atoms with Crippen LogP contribution in [0.15, 0.2) is 47.6 Å². The molecule has 3 aromatic rings. The highest BCUT2D eigenvalue weighted by molar-refractivity contribution is 7.15. The van der Waals surface area contributed by atoms with Crippen LogP contribution in [0.4, 0.5) is 0 Å². The lowest BCUT2D eigenvalue weighted by atomic mass is 9.99. The zero-order chi connectivity index (χ0) is 19.3. The Labute approximate surface area is 169 Å². The molecule has 0 unspecified atom stereocenters. The van der Waals surface area contributed by atoms with Crippen LogP contribution in [0.3, 0.4) is 0 Å². The van der Waals surface area contributed by atoms with Gasteiger partial charge in [-0.2, -0.15) is 5.10 Å². The van der Waals surface area contributed by atoms with Gasteiger partial charge in [-0.3, -0.25) is 4.79 Å². The summed E-state index contributed by atoms with van der Waals surface area (Å²) in [5.41, 5.74) is 6.22. The maximum absolute atomic E-state index is 13.0. The van der Waals surface area contributed by atoms with Crippen LogP contribution in [0.1, 0.15) is 60.2 Å². The van der Waals surface area contributed by atoms with Gasteiger partial charge in [0.15, 0.2) is 0 Å². The van der Waals surface area contributed by atoms with Gasteiger partial charge in [-0.25, -0.2) is 10.4 Å². The molecule has 1 amide bonds. The summed E-state index contributed by atoms with van der Waals surface area (Å²) < 4.78 is 0. The smallest absolute Gasteiger partial charge is 0.267 e. The van der Waals surface area contributed by atoms with E-state index in [1.807, 2.05) is 30.3 Å². The fraction of sp³-hybridized carbons (Fsp3) is 0.348. The number of hydrogen-bond acceptors (Lipinski definition) is 4. The Morgan fingerprint density at radius 1 is 1.04 bits per heavy atom. The molecule has 5 heteroatoms. The highest BCUT2D eigenvalue weighted by atomic mass is 32.1. The van der Waals surface area contributed by atoms with Crippen LogP contribution in [0.25, 0.3) is 21.5 Å². The molecule has 1 N–H and O–H groups in total. The summed E-state index contributed by atoms with van der Waals surface area (Å²) in [4.78, 5) is 20.1. The van der Waals surface area contributed by atoms with Crippen LogP contribution >= 0.6 is 11.3 Å². The molecule has 1 fully saturated rings. The lowest BCUT2D eigenvalue weighted by Crippen LogP contribution is -2.20. The molecule has 1 aliphatic rings. The second kappa shape index (κ2) is 8.65. The Kier molecular flexibility index (Phi) is 5.81. The van der Waals surface area contributed by atoms with Crippen molar-refractivity contribution in [1.29, 1.82) is 0 Å². The lowest BCUT2D eigenvalue weighted by Gasteiger charge is -2.12. The van der Waals surface area contributed by atoms with Crippen molar-refractivity contribution in [3.05, 3.63) is 52.9 Å². The second-order valence-corrected chi connectivity index (χ2v) is 8.66. The zero-order valence-electron chi connectivity index (χ0n) is 16.2. The number of pyridine rings is 1. The SMILES string of the molecule is Cc1ccc(-c2cc(C(=O)NN=C3CCCCCCC3)c3ccccc3n2)s1. The van der Waals surface area contributed by atoms with Gasteiger partial charge in [0.25, 0.3) is 5.91 Å². The average molecular weight is 392 g/mol. The highest BCUT2D eigenvalue weighted by Gasteiger charge is 2.15. The molecule has 0 saturated heterocycles. The maximum atomic E-state index is 13.0. The summed E-state index contributed by atoms with van der Waals surface area (Å²) in [7, 11) is 0. The number of amides is 1. The number of rotatable bonds is 3. The van der Waals surface area contributed by atoms with E-state index in [4.69, 9.17) is 4.98 Å². The summed E-state index contributed by atoms with van der Waals surface area (Å²) in [5.74, 6) is -0.164. The fourth-order valence-corrected chi connectivity index (χ4v) is 4.51. The topological polar surface area (TPSA) is 54.4 Å². The number of thiophene rings is 1. The summed E-state index contributed by atoms with van der Waals surface area (Å²) in [6.45, 7) is 2.08. The number of nitrogens with one attached hydrogen (secondary N) is 1. The number of benzene rings is 1. The van der Waals surface area contributed by atoms with E-state index >= 15 is 0 Å². The van der Waals surface area contributed by atoms with Crippen LogP contribution < -0.4 is 5.43 Å². The maximum Gasteiger partial charge on any atom is 0.272 e. The number of aromatic nitrogens is 1. The lowest BCUT2D eigenvalue weighted by molar-refractivity contribution is 0.0956. The Hall–Kier alpha value is -2.53. The predicted molar refractivity (Wildman–Crippen MR) is 117 cm³/mol. The molecule has 144 valence electrons. The number of nitrogens with zero attached hydrogens (tertiary/aromatic N) is 2. The first kappa shape index (κ1) is 18.8. The monoisotopic (exact) mass is 391 g/mol. The number of carbonyl (C=O) groups is 1. The first-order valence-corrected chi connectivity index (χ1v) is 10.8. The minimum absolute atomic E-state index is 0.164. The third kappa shape index (κ3) is 4.30. The minimum Gasteiger partial charge on any atom is -0.267 e. The normalized spacial score (nSPS) is 15.1. The third-order valence-corrected chi connectivity index (χ3v) is 6.22. The molecule has 1 aromatic carbocycles. The van der Waals surface area contributed by atoms with Crippen molar-refractivity contribution in [2.75, 3.05) is 0 Å². The second-order valence-electron chi connectivity index (χ2n) is 7.37. The van der Waals surface area contributed by atoms with E-state index in [0.29, 0.717) is 5.56 Å². The van der Waals surface area contributed by atoms with Crippen molar-refractivity contribution in [1.82, 2.24) is 10.4 Å². The van der Waals surface area contributed by atoms with Crippen molar-refractivity contribution >= 4 is 33.9 Å². The molecule has 0 bridgehead atoms. The molecule has 4 nitrogen and oxygen atoms in total. The molecule has 1 aliphatic carbocycles. The van der Waals surface area contributed by atoms with E-state index in [9.17, 15) is 4.79 Å². The Morgan fingerprint density at radius 3 is 2.54 bits per heavy atom. The first-order valence-electron chi connectivity index (χ1n) is 10.0. The van der Waals surface area contributed by atoms with Crippen molar-refractivity contribution in [3.63, 3.8) is 0 Å². The van der Waals surface area contributed by atoms with Gasteiger partial charge in [0.1, 0.15) is 0 Å². The molecule has 28 heavy (non-hydrogen) atoms. The van der Waals surface area contributed by atoms with E-state index in [1.54, 1.807) is 11.3 Å². The van der Waals surface area contributed by atoms with Crippen molar-refractivity contribution < 1.29 is 4.79 Å². The molecule has 0 spiro atoms. The van der Waals surface area contributed by atoms with Gasteiger partial charge >= 0.3 is 0 Å². The average Bonchev–Trinajstić information content (AvgIpc) is 3.12. The fourth-order valence-electron chi connectivity index (χ4n) is 3.68. The summed E-state index contributed by atoms with van der Waals surface area (Å²) in [5, 5.41) is 5.33. The van der Waals surface area contributed by atoms with Crippen LogP contribution in [-0.4, -0.2) is 16.6 Å². The van der Waals surface area contributed by atoms with Gasteiger partial charge in [-0.1, -0.05) is 37.5 Å². The van der Waals surface area contributed by atoms with Crippen molar-refractivity contribution in [3.8, 4) is 10.6 Å². The number of hydrazone groups is 1.